The lowest BCUT2D eigenvalue weighted by Gasteiger charge is -2.14. The van der Waals surface area contributed by atoms with E-state index in [1.54, 1.807) is 0 Å². The van der Waals surface area contributed by atoms with Crippen LogP contribution in [0, 0.1) is 0 Å². The number of aliphatic hydroxyl groups excluding tert-OH is 1. The summed E-state index contributed by atoms with van der Waals surface area (Å²) >= 11 is 0. The largest absolute Gasteiger partial charge is 0.385 e. The van der Waals surface area contributed by atoms with Gasteiger partial charge in [0.15, 0.2) is 0 Å². The van der Waals surface area contributed by atoms with E-state index in [2.05, 4.69) is 5.32 Å². The van der Waals surface area contributed by atoms with Gasteiger partial charge in [-0.05, 0) is 0 Å². The molecule has 1 aliphatic rings. The second-order valence-corrected chi connectivity index (χ2v) is 3.89. The van der Waals surface area contributed by atoms with Gasteiger partial charge in [0.25, 0.3) is 6.43 Å². The lowest BCUT2D eigenvalue weighted by Crippen LogP contribution is -2.38. The molecule has 1 rings (SSSR count). The maximum atomic E-state index is 11.9. The Balaban J connectivity index is 2.25. The molecule has 1 fully saturated rings. The molecule has 1 heterocycles. The highest BCUT2D eigenvalue weighted by molar-refractivity contribution is 6.02. The number of rotatable bonds is 6. The number of alkyl halides is 2. The van der Waals surface area contributed by atoms with Crippen LogP contribution in [0.5, 0.6) is 0 Å². The highest BCUT2D eigenvalue weighted by Crippen LogP contribution is 2.11. The monoisotopic (exact) mass is 264 g/mol. The molecule has 18 heavy (non-hydrogen) atoms. The molecule has 8 heteroatoms. The Morgan fingerprint density at radius 2 is 1.89 bits per heavy atom. The van der Waals surface area contributed by atoms with Crippen molar-refractivity contribution in [2.45, 2.75) is 31.8 Å². The minimum atomic E-state index is -2.92. The van der Waals surface area contributed by atoms with E-state index in [1.165, 1.54) is 0 Å². The zero-order valence-electron chi connectivity index (χ0n) is 9.57. The number of aliphatic hydroxyl groups is 1. The summed E-state index contributed by atoms with van der Waals surface area (Å²) in [7, 11) is 0. The average Bonchev–Trinajstić information content (AvgIpc) is 2.63. The minimum absolute atomic E-state index is 0.0612. The zero-order valence-corrected chi connectivity index (χ0v) is 9.57. The molecule has 102 valence electrons. The smallest absolute Gasteiger partial charge is 0.265 e. The second-order valence-electron chi connectivity index (χ2n) is 3.89. The summed E-state index contributed by atoms with van der Waals surface area (Å²) in [6.07, 6.45) is -4.71. The molecule has 0 radical (unpaired) electrons. The Labute approximate surface area is 102 Å². The molecular weight excluding hydrogens is 250 g/mol. The molecule has 0 aromatic heterocycles. The Kier molecular flexibility index (Phi) is 5.14. The average molecular weight is 264 g/mol. The Morgan fingerprint density at radius 1 is 1.33 bits per heavy atom. The van der Waals surface area contributed by atoms with Gasteiger partial charge in [0.05, 0.1) is 0 Å². The van der Waals surface area contributed by atoms with Crippen LogP contribution in [-0.4, -0.2) is 53.3 Å². The SMILES string of the molecule is O=C(CCN1C(=O)CCC1=O)NCC(O)C(F)F. The maximum Gasteiger partial charge on any atom is 0.265 e. The molecule has 1 unspecified atom stereocenters. The van der Waals surface area contributed by atoms with E-state index in [-0.39, 0.29) is 37.6 Å². The highest BCUT2D eigenvalue weighted by atomic mass is 19.3. The van der Waals surface area contributed by atoms with Crippen molar-refractivity contribution in [3.05, 3.63) is 0 Å². The fraction of sp³-hybridized carbons (Fsp3) is 0.700. The van der Waals surface area contributed by atoms with Crippen molar-refractivity contribution >= 4 is 17.7 Å². The summed E-state index contributed by atoms with van der Waals surface area (Å²) in [5.41, 5.74) is 0. The summed E-state index contributed by atoms with van der Waals surface area (Å²) in [5, 5.41) is 10.9. The topological polar surface area (TPSA) is 86.7 Å². The first-order valence-corrected chi connectivity index (χ1v) is 5.48. The zero-order chi connectivity index (χ0) is 13.7. The van der Waals surface area contributed by atoms with Gasteiger partial charge in [-0.3, -0.25) is 19.3 Å². The molecule has 1 aliphatic heterocycles. The number of amides is 3. The summed E-state index contributed by atoms with van der Waals surface area (Å²) in [4.78, 5) is 34.6. The molecule has 1 saturated heterocycles. The fourth-order valence-electron chi connectivity index (χ4n) is 1.48. The Bertz CT molecular complexity index is 333. The van der Waals surface area contributed by atoms with Gasteiger partial charge in [0.1, 0.15) is 6.10 Å². The number of carbonyl (C=O) groups is 3. The van der Waals surface area contributed by atoms with E-state index in [1.807, 2.05) is 0 Å². The Hall–Kier alpha value is -1.57. The van der Waals surface area contributed by atoms with E-state index in [4.69, 9.17) is 5.11 Å². The first kappa shape index (κ1) is 14.5. The molecule has 0 aromatic carbocycles. The molecule has 6 nitrogen and oxygen atoms in total. The standard InChI is InChI=1S/C10H14F2N2O4/c11-10(12)6(15)5-13-7(16)3-4-14-8(17)1-2-9(14)18/h6,10,15H,1-5H2,(H,13,16). The number of halogens is 2. The number of hydrogen-bond donors (Lipinski definition) is 2. The number of nitrogens with zero attached hydrogens (tertiary/aromatic N) is 1. The van der Waals surface area contributed by atoms with E-state index in [0.717, 1.165) is 4.90 Å². The van der Waals surface area contributed by atoms with Crippen molar-refractivity contribution in [3.8, 4) is 0 Å². The van der Waals surface area contributed by atoms with Crippen LogP contribution >= 0.6 is 0 Å². The number of carbonyl (C=O) groups excluding carboxylic acids is 3. The molecule has 2 N–H and O–H groups in total. The van der Waals surface area contributed by atoms with Crippen LogP contribution in [-0.2, 0) is 14.4 Å². The molecule has 1 atom stereocenters. The predicted molar refractivity (Wildman–Crippen MR) is 55.6 cm³/mol. The lowest BCUT2D eigenvalue weighted by molar-refractivity contribution is -0.138. The van der Waals surface area contributed by atoms with Crippen molar-refractivity contribution in [2.24, 2.45) is 0 Å². The van der Waals surface area contributed by atoms with Crippen LogP contribution in [0.4, 0.5) is 8.78 Å². The molecule has 0 bridgehead atoms. The van der Waals surface area contributed by atoms with Crippen molar-refractivity contribution in [2.75, 3.05) is 13.1 Å². The lowest BCUT2D eigenvalue weighted by atomic mass is 10.3. The van der Waals surface area contributed by atoms with E-state index < -0.39 is 25.0 Å². The summed E-state index contributed by atoms with van der Waals surface area (Å²) < 4.78 is 23.8. The number of likely N-dealkylation sites (tertiary alicyclic amines) is 1. The first-order chi connectivity index (χ1) is 8.41. The predicted octanol–water partition coefficient (Wildman–Crippen LogP) is -0.732. The molecule has 3 amide bonds. The highest BCUT2D eigenvalue weighted by Gasteiger charge is 2.28. The number of hydrogen-bond acceptors (Lipinski definition) is 4. The number of imide groups is 1. The van der Waals surface area contributed by atoms with Crippen molar-refractivity contribution in [1.82, 2.24) is 10.2 Å². The van der Waals surface area contributed by atoms with Gasteiger partial charge in [-0.15, -0.1) is 0 Å². The fourth-order valence-corrected chi connectivity index (χ4v) is 1.48. The van der Waals surface area contributed by atoms with Crippen molar-refractivity contribution in [3.63, 3.8) is 0 Å². The van der Waals surface area contributed by atoms with E-state index >= 15 is 0 Å². The normalized spacial score (nSPS) is 17.4. The van der Waals surface area contributed by atoms with Gasteiger partial charge < -0.3 is 10.4 Å². The van der Waals surface area contributed by atoms with Crippen molar-refractivity contribution in [1.29, 1.82) is 0 Å². The maximum absolute atomic E-state index is 11.9. The molecule has 0 saturated carbocycles. The number of nitrogens with one attached hydrogen (secondary N) is 1. The summed E-state index contributed by atoms with van der Waals surface area (Å²) in [5.74, 6) is -1.26. The van der Waals surface area contributed by atoms with Crippen LogP contribution in [0.3, 0.4) is 0 Å². The molecular formula is C10H14F2N2O4. The van der Waals surface area contributed by atoms with Crippen LogP contribution in [0.25, 0.3) is 0 Å². The third-order valence-corrected chi connectivity index (χ3v) is 2.52. The van der Waals surface area contributed by atoms with Crippen LogP contribution < -0.4 is 5.32 Å². The summed E-state index contributed by atoms with van der Waals surface area (Å²) in [6, 6.07) is 0. The van der Waals surface area contributed by atoms with Gasteiger partial charge >= 0.3 is 0 Å². The van der Waals surface area contributed by atoms with Crippen LogP contribution in [0.1, 0.15) is 19.3 Å². The molecule has 0 spiro atoms. The van der Waals surface area contributed by atoms with Crippen LogP contribution in [0.2, 0.25) is 0 Å². The summed E-state index contributed by atoms with van der Waals surface area (Å²) in [6.45, 7) is -0.618. The van der Waals surface area contributed by atoms with Gasteiger partial charge in [0.2, 0.25) is 17.7 Å². The van der Waals surface area contributed by atoms with Gasteiger partial charge in [-0.1, -0.05) is 0 Å². The first-order valence-electron chi connectivity index (χ1n) is 5.48. The van der Waals surface area contributed by atoms with Gasteiger partial charge in [0, 0.05) is 32.4 Å². The Morgan fingerprint density at radius 3 is 2.39 bits per heavy atom. The van der Waals surface area contributed by atoms with Gasteiger partial charge in [-0.25, -0.2) is 8.78 Å². The van der Waals surface area contributed by atoms with E-state index in [0.29, 0.717) is 0 Å². The minimum Gasteiger partial charge on any atom is -0.385 e. The van der Waals surface area contributed by atoms with Gasteiger partial charge in [-0.2, -0.15) is 0 Å². The molecule has 0 aliphatic carbocycles. The third kappa shape index (κ3) is 4.02. The second kappa shape index (κ2) is 6.39. The van der Waals surface area contributed by atoms with Crippen LogP contribution in [0.15, 0.2) is 0 Å². The quantitative estimate of drug-likeness (QED) is 0.619. The third-order valence-electron chi connectivity index (χ3n) is 2.52. The van der Waals surface area contributed by atoms with E-state index in [9.17, 15) is 23.2 Å². The molecule has 0 aromatic rings. The van der Waals surface area contributed by atoms with Crippen molar-refractivity contribution < 1.29 is 28.3 Å².